The molecule has 10 heteroatoms. The lowest BCUT2D eigenvalue weighted by molar-refractivity contribution is -0.143. The van der Waals surface area contributed by atoms with E-state index in [4.69, 9.17) is 0 Å². The number of rotatable bonds is 6. The fourth-order valence-electron chi connectivity index (χ4n) is 4.50. The van der Waals surface area contributed by atoms with Crippen LogP contribution in [0.3, 0.4) is 0 Å². The summed E-state index contributed by atoms with van der Waals surface area (Å²) in [5.74, 6) is -1.41. The number of aliphatic carboxylic acids is 2. The number of thioether (sulfide) groups is 2. The minimum Gasteiger partial charge on any atom is -0.480 e. The van der Waals surface area contributed by atoms with Crippen LogP contribution in [-0.4, -0.2) is 41.6 Å². The Bertz CT molecular complexity index is 1430. The van der Waals surface area contributed by atoms with Crippen LogP contribution in [0, 0.1) is 0 Å². The summed E-state index contributed by atoms with van der Waals surface area (Å²) in [7, 11) is 0. The number of aromatic nitrogens is 2. The van der Waals surface area contributed by atoms with Crippen molar-refractivity contribution in [2.24, 2.45) is 0 Å². The molecule has 0 unspecified atom stereocenters. The average molecular weight is 676 g/mol. The molecule has 2 fully saturated rings. The van der Waals surface area contributed by atoms with E-state index in [9.17, 15) is 19.8 Å². The van der Waals surface area contributed by atoms with Crippen molar-refractivity contribution in [3.05, 3.63) is 69.9 Å². The molecule has 0 aliphatic heterocycles. The summed E-state index contributed by atoms with van der Waals surface area (Å²) in [6, 6.07) is 15.6. The minimum absolute atomic E-state index is 0.642. The van der Waals surface area contributed by atoms with Crippen LogP contribution in [0.15, 0.2) is 79.7 Å². The van der Waals surface area contributed by atoms with Crippen LogP contribution in [0.2, 0.25) is 0 Å². The first kappa shape index (κ1) is 27.4. The van der Waals surface area contributed by atoms with Gasteiger partial charge in [0.1, 0.15) is 9.49 Å². The van der Waals surface area contributed by atoms with Gasteiger partial charge in [-0.15, -0.1) is 23.5 Å². The average Bonchev–Trinajstić information content (AvgIpc) is 2.84. The second-order valence-electron chi connectivity index (χ2n) is 9.45. The molecule has 2 N–H and O–H groups in total. The van der Waals surface area contributed by atoms with Crippen molar-refractivity contribution < 1.29 is 19.8 Å². The Balaban J connectivity index is 0.000000155. The van der Waals surface area contributed by atoms with Crippen LogP contribution in [0.1, 0.15) is 38.5 Å². The molecule has 2 aliphatic carbocycles. The predicted molar refractivity (Wildman–Crippen MR) is 159 cm³/mol. The van der Waals surface area contributed by atoms with Gasteiger partial charge in [0, 0.05) is 41.9 Å². The van der Waals surface area contributed by atoms with E-state index in [0.717, 1.165) is 79.1 Å². The summed E-state index contributed by atoms with van der Waals surface area (Å²) < 4.78 is 0.674. The van der Waals surface area contributed by atoms with Gasteiger partial charge < -0.3 is 10.2 Å². The van der Waals surface area contributed by atoms with Gasteiger partial charge in [0.2, 0.25) is 0 Å². The van der Waals surface area contributed by atoms with E-state index in [0.29, 0.717) is 0 Å². The summed E-state index contributed by atoms with van der Waals surface area (Å²) in [4.78, 5) is 33.6. The third-order valence-electron chi connectivity index (χ3n) is 7.04. The highest BCUT2D eigenvalue weighted by atomic mass is 79.9. The van der Waals surface area contributed by atoms with E-state index in [1.54, 1.807) is 12.4 Å². The number of benzene rings is 2. The van der Waals surface area contributed by atoms with Crippen LogP contribution in [0.5, 0.6) is 0 Å². The Hall–Kier alpha value is -2.14. The Morgan fingerprint density at radius 1 is 0.684 bits per heavy atom. The molecule has 6 rings (SSSR count). The van der Waals surface area contributed by atoms with Crippen molar-refractivity contribution in [2.45, 2.75) is 57.8 Å². The van der Waals surface area contributed by atoms with E-state index >= 15 is 0 Å². The van der Waals surface area contributed by atoms with Gasteiger partial charge in [-0.1, -0.05) is 31.9 Å². The second kappa shape index (κ2) is 11.2. The molecule has 0 radical (unpaired) electrons. The monoisotopic (exact) mass is 674 g/mol. The Morgan fingerprint density at radius 3 is 1.39 bits per heavy atom. The molecule has 6 nitrogen and oxygen atoms in total. The second-order valence-corrected chi connectivity index (χ2v) is 14.1. The standard InChI is InChI=1S/2C14H12BrNO2S/c2*15-9-2-3-11-10(8-9)12(4-7-16-11)19-14(13(17)18)5-1-6-14/h2*2-4,7-8H,1,5-6H2,(H,17,18). The van der Waals surface area contributed by atoms with Gasteiger partial charge in [0.15, 0.2) is 0 Å². The van der Waals surface area contributed by atoms with Crippen molar-refractivity contribution in [1.29, 1.82) is 0 Å². The van der Waals surface area contributed by atoms with Gasteiger partial charge in [0.05, 0.1) is 11.0 Å². The number of carbonyl (C=O) groups is 2. The van der Waals surface area contributed by atoms with E-state index in [1.165, 1.54) is 23.5 Å². The zero-order valence-electron chi connectivity index (χ0n) is 20.2. The summed E-state index contributed by atoms with van der Waals surface area (Å²) >= 11 is 9.83. The van der Waals surface area contributed by atoms with Crippen LogP contribution in [-0.2, 0) is 9.59 Å². The molecule has 2 aliphatic rings. The predicted octanol–water partition coefficient (Wildman–Crippen LogP) is 8.19. The lowest BCUT2D eigenvalue weighted by Gasteiger charge is -2.37. The van der Waals surface area contributed by atoms with Gasteiger partial charge in [-0.25, -0.2) is 0 Å². The van der Waals surface area contributed by atoms with E-state index in [2.05, 4.69) is 41.8 Å². The van der Waals surface area contributed by atoms with E-state index in [-0.39, 0.29) is 0 Å². The van der Waals surface area contributed by atoms with Crippen LogP contribution >= 0.6 is 55.4 Å². The molecule has 2 saturated carbocycles. The number of hydrogen-bond donors (Lipinski definition) is 2. The first-order valence-corrected chi connectivity index (χ1v) is 15.4. The molecule has 196 valence electrons. The van der Waals surface area contributed by atoms with E-state index < -0.39 is 21.4 Å². The summed E-state index contributed by atoms with van der Waals surface area (Å²) in [6.45, 7) is 0. The third kappa shape index (κ3) is 5.46. The van der Waals surface area contributed by atoms with Crippen LogP contribution < -0.4 is 0 Å². The molecule has 2 aromatic carbocycles. The molecule has 2 heterocycles. The quantitative estimate of drug-likeness (QED) is 0.211. The van der Waals surface area contributed by atoms with Crippen molar-refractivity contribution in [2.75, 3.05) is 0 Å². The molecule has 38 heavy (non-hydrogen) atoms. The maximum absolute atomic E-state index is 11.5. The van der Waals surface area contributed by atoms with Gasteiger partial charge in [-0.2, -0.15) is 0 Å². The number of nitrogens with zero attached hydrogens (tertiary/aromatic N) is 2. The largest absolute Gasteiger partial charge is 0.480 e. The molecule has 0 atom stereocenters. The number of pyridine rings is 2. The van der Waals surface area contributed by atoms with Gasteiger partial charge in [-0.05, 0) is 87.1 Å². The fraction of sp³-hybridized carbons (Fsp3) is 0.286. The summed E-state index contributed by atoms with van der Waals surface area (Å²) in [5.41, 5.74) is 1.79. The van der Waals surface area contributed by atoms with Gasteiger partial charge in [-0.3, -0.25) is 19.6 Å². The normalized spacial score (nSPS) is 17.1. The van der Waals surface area contributed by atoms with Crippen molar-refractivity contribution in [3.8, 4) is 0 Å². The first-order valence-electron chi connectivity index (χ1n) is 12.1. The molecule has 0 saturated heterocycles. The summed E-state index contributed by atoms with van der Waals surface area (Å²) in [5, 5.41) is 20.9. The minimum atomic E-state index is -0.705. The highest BCUT2D eigenvalue weighted by Gasteiger charge is 2.46. The highest BCUT2D eigenvalue weighted by molar-refractivity contribution is 9.10. The number of carboxylic acids is 2. The van der Waals surface area contributed by atoms with Crippen molar-refractivity contribution in [3.63, 3.8) is 0 Å². The Morgan fingerprint density at radius 2 is 1.08 bits per heavy atom. The van der Waals surface area contributed by atoms with E-state index in [1.807, 2.05) is 48.5 Å². The number of carboxylic acid groups (broad SMARTS) is 2. The molecule has 4 aromatic rings. The molecular weight excluding hydrogens is 652 g/mol. The van der Waals surface area contributed by atoms with Gasteiger partial charge >= 0.3 is 11.9 Å². The molecular formula is C28H24Br2N2O4S2. The highest BCUT2D eigenvalue weighted by Crippen LogP contribution is 2.50. The third-order valence-corrected chi connectivity index (χ3v) is 11.1. The van der Waals surface area contributed by atoms with Crippen molar-refractivity contribution in [1.82, 2.24) is 9.97 Å². The maximum atomic E-state index is 11.5. The Kier molecular flexibility index (Phi) is 8.05. The fourth-order valence-corrected chi connectivity index (χ4v) is 8.03. The van der Waals surface area contributed by atoms with Crippen LogP contribution in [0.25, 0.3) is 21.8 Å². The maximum Gasteiger partial charge on any atom is 0.320 e. The SMILES string of the molecule is O=C(O)C1(Sc2ccnc3ccc(Br)cc23)CCC1.O=C(O)C1(Sc2ccnc3ccc(Br)cc23)CCC1. The molecule has 2 aromatic heterocycles. The zero-order valence-corrected chi connectivity index (χ0v) is 25.0. The smallest absolute Gasteiger partial charge is 0.320 e. The van der Waals surface area contributed by atoms with Gasteiger partial charge in [0.25, 0.3) is 0 Å². The number of halogens is 2. The number of fused-ring (bicyclic) bond motifs is 2. The topological polar surface area (TPSA) is 100 Å². The zero-order chi connectivity index (χ0) is 26.9. The Labute approximate surface area is 245 Å². The molecule has 0 amide bonds. The lowest BCUT2D eigenvalue weighted by atomic mass is 9.84. The van der Waals surface area contributed by atoms with Crippen molar-refractivity contribution >= 4 is 89.1 Å². The summed E-state index contributed by atoms with van der Waals surface area (Å²) in [6.07, 6.45) is 8.43. The lowest BCUT2D eigenvalue weighted by Crippen LogP contribution is -2.41. The molecule has 0 spiro atoms. The molecule has 0 bridgehead atoms. The first-order chi connectivity index (χ1) is 18.2. The number of hydrogen-bond acceptors (Lipinski definition) is 6. The van der Waals surface area contributed by atoms with Crippen LogP contribution in [0.4, 0.5) is 0 Å².